The Hall–Kier alpha value is -3.65. The first-order valence-electron chi connectivity index (χ1n) is 13.1. The molecule has 1 heterocycles. The zero-order valence-electron chi connectivity index (χ0n) is 22.6. The largest absolute Gasteiger partial charge is 0.295 e. The van der Waals surface area contributed by atoms with Crippen LogP contribution < -0.4 is 4.57 Å². The van der Waals surface area contributed by atoms with Gasteiger partial charge >= 0.3 is 0 Å². The maximum absolute atomic E-state index is 2.55. The smallest absolute Gasteiger partial charge is 0.225 e. The number of imidazole rings is 1. The number of rotatable bonds is 5. The lowest BCUT2D eigenvalue weighted by atomic mass is 9.92. The van der Waals surface area contributed by atoms with E-state index >= 15 is 0 Å². The third-order valence-corrected chi connectivity index (χ3v) is 7.41. The Bertz CT molecular complexity index is 1530. The number of benzene rings is 4. The van der Waals surface area contributed by atoms with E-state index in [2.05, 4.69) is 143 Å². The number of aryl methyl sites for hydroxylation is 3. The van der Waals surface area contributed by atoms with Crippen LogP contribution in [0.25, 0.3) is 39.2 Å². The summed E-state index contributed by atoms with van der Waals surface area (Å²) in [6.07, 6.45) is 0. The summed E-state index contributed by atoms with van der Waals surface area (Å²) >= 11 is 0. The Labute approximate surface area is 215 Å². The first-order valence-corrected chi connectivity index (χ1v) is 13.1. The van der Waals surface area contributed by atoms with Crippen molar-refractivity contribution in [3.63, 3.8) is 0 Å². The highest BCUT2D eigenvalue weighted by Crippen LogP contribution is 2.38. The first-order chi connectivity index (χ1) is 17.3. The van der Waals surface area contributed by atoms with Crippen LogP contribution in [0.2, 0.25) is 0 Å². The molecule has 0 aliphatic rings. The van der Waals surface area contributed by atoms with Gasteiger partial charge in [0.05, 0.1) is 12.6 Å². The van der Waals surface area contributed by atoms with Gasteiger partial charge in [0.1, 0.15) is 5.69 Å². The Balaban J connectivity index is 1.93. The molecule has 0 aliphatic heterocycles. The van der Waals surface area contributed by atoms with Gasteiger partial charge in [-0.1, -0.05) is 94.4 Å². The molecule has 0 radical (unpaired) electrons. The topological polar surface area (TPSA) is 8.81 Å². The Morgan fingerprint density at radius 2 is 1.33 bits per heavy atom. The average molecular weight is 474 g/mol. The molecular weight excluding hydrogens is 436 g/mol. The summed E-state index contributed by atoms with van der Waals surface area (Å²) in [6, 6.07) is 31.3. The average Bonchev–Trinajstić information content (AvgIpc) is 3.15. The van der Waals surface area contributed by atoms with E-state index in [-0.39, 0.29) is 0 Å². The van der Waals surface area contributed by atoms with Crippen molar-refractivity contribution in [3.8, 4) is 28.2 Å². The molecule has 0 saturated heterocycles. The number of hydrogen-bond acceptors (Lipinski definition) is 0. The van der Waals surface area contributed by atoms with Crippen molar-refractivity contribution in [1.82, 2.24) is 4.57 Å². The molecule has 0 spiro atoms. The minimum atomic E-state index is 0.413. The van der Waals surface area contributed by atoms with Crippen LogP contribution in [0.15, 0.2) is 84.9 Å². The monoisotopic (exact) mass is 473 g/mol. The second kappa shape index (κ2) is 9.43. The van der Waals surface area contributed by atoms with Gasteiger partial charge in [-0.05, 0) is 66.1 Å². The molecule has 4 aromatic carbocycles. The number of para-hydroxylation sites is 1. The fraction of sp³-hybridized carbons (Fsp3) is 0.265. The van der Waals surface area contributed by atoms with E-state index in [0.29, 0.717) is 11.8 Å². The summed E-state index contributed by atoms with van der Waals surface area (Å²) in [7, 11) is 2.21. The first kappa shape index (κ1) is 24.1. The summed E-state index contributed by atoms with van der Waals surface area (Å²) in [5.74, 6) is 2.05. The molecule has 182 valence electrons. The fourth-order valence-electron chi connectivity index (χ4n) is 5.44. The van der Waals surface area contributed by atoms with Gasteiger partial charge in [0, 0.05) is 11.1 Å². The third-order valence-electron chi connectivity index (χ3n) is 7.41. The molecule has 36 heavy (non-hydrogen) atoms. The number of fused-ring (bicyclic) bond motifs is 1. The van der Waals surface area contributed by atoms with Crippen molar-refractivity contribution < 1.29 is 4.57 Å². The highest BCUT2D eigenvalue weighted by atomic mass is 15.2. The molecule has 0 fully saturated rings. The van der Waals surface area contributed by atoms with Crippen molar-refractivity contribution in [2.24, 2.45) is 7.05 Å². The lowest BCUT2D eigenvalue weighted by Gasteiger charge is -2.19. The lowest BCUT2D eigenvalue weighted by molar-refractivity contribution is -0.633. The maximum atomic E-state index is 2.55. The van der Waals surface area contributed by atoms with Crippen LogP contribution in [0.4, 0.5) is 0 Å². The van der Waals surface area contributed by atoms with Crippen LogP contribution in [-0.2, 0) is 7.05 Å². The van der Waals surface area contributed by atoms with E-state index < -0.39 is 0 Å². The molecule has 0 saturated carbocycles. The van der Waals surface area contributed by atoms with E-state index in [1.54, 1.807) is 0 Å². The minimum absolute atomic E-state index is 0.413. The number of aromatic nitrogens is 2. The normalized spacial score (nSPS) is 11.7. The molecule has 0 bridgehead atoms. The summed E-state index contributed by atoms with van der Waals surface area (Å²) in [5.41, 5.74) is 12.9. The van der Waals surface area contributed by atoms with Gasteiger partial charge in [0.15, 0.2) is 11.0 Å². The SMILES string of the molecule is Cc1ccc2c(c1)n(-c1c(C(C)C)cccc1C(C)C)c(-c1cc(-c3ccccc3)ccc1C)[n+]2C. The van der Waals surface area contributed by atoms with Crippen molar-refractivity contribution in [2.45, 2.75) is 53.4 Å². The van der Waals surface area contributed by atoms with Gasteiger partial charge in [-0.15, -0.1) is 0 Å². The van der Waals surface area contributed by atoms with Crippen LogP contribution in [-0.4, -0.2) is 4.57 Å². The van der Waals surface area contributed by atoms with E-state index in [1.807, 2.05) is 0 Å². The lowest BCUT2D eigenvalue weighted by Crippen LogP contribution is -2.30. The van der Waals surface area contributed by atoms with Crippen molar-refractivity contribution in [2.75, 3.05) is 0 Å². The van der Waals surface area contributed by atoms with Crippen molar-refractivity contribution in [1.29, 1.82) is 0 Å². The quantitative estimate of drug-likeness (QED) is 0.226. The standard InChI is InChI=1S/C34H37N2/c1-22(2)28-14-11-15-29(23(3)4)33(28)36-32-20-24(5)16-19-31(32)35(7)34(36)30-21-27(18-17-25(30)6)26-12-9-8-10-13-26/h8-23H,1-7H3/q+1. The molecule has 2 nitrogen and oxygen atoms in total. The number of nitrogens with zero attached hydrogens (tertiary/aromatic N) is 2. The van der Waals surface area contributed by atoms with E-state index in [4.69, 9.17) is 0 Å². The van der Waals surface area contributed by atoms with Crippen LogP contribution >= 0.6 is 0 Å². The Morgan fingerprint density at radius 3 is 1.97 bits per heavy atom. The van der Waals surface area contributed by atoms with Gasteiger partial charge in [-0.25, -0.2) is 4.57 Å². The predicted molar refractivity (Wildman–Crippen MR) is 153 cm³/mol. The van der Waals surface area contributed by atoms with Crippen molar-refractivity contribution >= 4 is 11.0 Å². The summed E-state index contributed by atoms with van der Waals surface area (Å²) in [4.78, 5) is 0. The Kier molecular flexibility index (Phi) is 6.30. The van der Waals surface area contributed by atoms with Crippen LogP contribution in [0.1, 0.15) is 61.8 Å². The predicted octanol–water partition coefficient (Wildman–Crippen LogP) is 8.65. The molecule has 0 aliphatic carbocycles. The molecule has 0 unspecified atom stereocenters. The van der Waals surface area contributed by atoms with Crippen molar-refractivity contribution in [3.05, 3.63) is 107 Å². The van der Waals surface area contributed by atoms with Gasteiger partial charge < -0.3 is 0 Å². The van der Waals surface area contributed by atoms with E-state index in [1.165, 1.54) is 61.5 Å². The van der Waals surface area contributed by atoms with Gasteiger partial charge in [-0.3, -0.25) is 0 Å². The van der Waals surface area contributed by atoms with E-state index in [9.17, 15) is 0 Å². The maximum Gasteiger partial charge on any atom is 0.295 e. The second-order valence-electron chi connectivity index (χ2n) is 10.7. The third kappa shape index (κ3) is 4.05. The van der Waals surface area contributed by atoms with Gasteiger partial charge in [0.25, 0.3) is 5.82 Å². The molecule has 1 aromatic heterocycles. The van der Waals surface area contributed by atoms with Crippen LogP contribution in [0.5, 0.6) is 0 Å². The zero-order valence-corrected chi connectivity index (χ0v) is 22.6. The molecule has 0 N–H and O–H groups in total. The van der Waals surface area contributed by atoms with Gasteiger partial charge in [0.2, 0.25) is 0 Å². The van der Waals surface area contributed by atoms with Gasteiger partial charge in [-0.2, -0.15) is 4.57 Å². The van der Waals surface area contributed by atoms with E-state index in [0.717, 1.165) is 0 Å². The molecule has 5 rings (SSSR count). The zero-order chi connectivity index (χ0) is 25.6. The molecule has 2 heteroatoms. The summed E-state index contributed by atoms with van der Waals surface area (Å²) in [6.45, 7) is 13.6. The molecule has 0 atom stereocenters. The fourth-order valence-corrected chi connectivity index (χ4v) is 5.44. The highest BCUT2D eigenvalue weighted by molar-refractivity contribution is 5.83. The second-order valence-corrected chi connectivity index (χ2v) is 10.7. The molecular formula is C34H37N2+. The van der Waals surface area contributed by atoms with Crippen LogP contribution in [0, 0.1) is 13.8 Å². The molecule has 5 aromatic rings. The Morgan fingerprint density at radius 1 is 0.667 bits per heavy atom. The summed E-state index contributed by atoms with van der Waals surface area (Å²) in [5, 5.41) is 0. The summed E-state index contributed by atoms with van der Waals surface area (Å²) < 4.78 is 4.93. The minimum Gasteiger partial charge on any atom is -0.225 e. The molecule has 0 amide bonds. The highest BCUT2D eigenvalue weighted by Gasteiger charge is 2.31. The van der Waals surface area contributed by atoms with Crippen LogP contribution in [0.3, 0.4) is 0 Å². The number of hydrogen-bond donors (Lipinski definition) is 0.